The fourth-order valence-corrected chi connectivity index (χ4v) is 4.10. The molecule has 3 rings (SSSR count). The summed E-state index contributed by atoms with van der Waals surface area (Å²) in [6, 6.07) is 19.2. The molecule has 0 aliphatic heterocycles. The molecule has 0 spiro atoms. The molecule has 0 aliphatic rings. The number of carbonyl (C=O) groups excluding carboxylic acids is 1. The molecular weight excluding hydrogens is 390 g/mol. The summed E-state index contributed by atoms with van der Waals surface area (Å²) in [5, 5.41) is 2.79. The summed E-state index contributed by atoms with van der Waals surface area (Å²) in [7, 11) is -2.07. The summed E-state index contributed by atoms with van der Waals surface area (Å²) in [5.74, 6) is 0.222. The molecule has 2 aromatic carbocycles. The summed E-state index contributed by atoms with van der Waals surface area (Å²) in [6.07, 6.45) is 1.67. The van der Waals surface area contributed by atoms with Gasteiger partial charge in [0.2, 0.25) is 0 Å². The second-order valence-corrected chi connectivity index (χ2v) is 8.54. The van der Waals surface area contributed by atoms with Crippen LogP contribution in [0.5, 0.6) is 5.75 Å². The first kappa shape index (κ1) is 20.7. The maximum Gasteiger partial charge on any atom is 0.286 e. The minimum atomic E-state index is -3.58. The predicted molar refractivity (Wildman–Crippen MR) is 110 cm³/mol. The van der Waals surface area contributed by atoms with Gasteiger partial charge in [0.15, 0.2) is 15.6 Å². The highest BCUT2D eigenvalue weighted by Crippen LogP contribution is 2.21. The van der Waals surface area contributed by atoms with Gasteiger partial charge in [0.1, 0.15) is 17.3 Å². The Hall–Kier alpha value is -3.06. The molecular formula is C22H23NO5S. The van der Waals surface area contributed by atoms with Crippen molar-refractivity contribution in [3.05, 3.63) is 83.8 Å². The fourth-order valence-electron chi connectivity index (χ4n) is 2.86. The number of ether oxygens (including phenoxy) is 1. The van der Waals surface area contributed by atoms with E-state index >= 15 is 0 Å². The van der Waals surface area contributed by atoms with Crippen LogP contribution < -0.4 is 10.1 Å². The number of hydrogen-bond acceptors (Lipinski definition) is 5. The molecule has 0 fully saturated rings. The Morgan fingerprint density at radius 2 is 1.72 bits per heavy atom. The molecule has 1 N–H and O–H groups in total. The second kappa shape index (κ2) is 9.43. The van der Waals surface area contributed by atoms with Crippen LogP contribution in [0.2, 0.25) is 0 Å². The molecule has 1 aromatic heterocycles. The summed E-state index contributed by atoms with van der Waals surface area (Å²) in [6.45, 7) is 0.508. The van der Waals surface area contributed by atoms with Crippen molar-refractivity contribution in [2.24, 2.45) is 0 Å². The Kier molecular flexibility index (Phi) is 6.72. The first-order valence-corrected chi connectivity index (χ1v) is 10.9. The lowest BCUT2D eigenvalue weighted by molar-refractivity contribution is 0.0924. The molecule has 0 aliphatic carbocycles. The van der Waals surface area contributed by atoms with Gasteiger partial charge in [0.25, 0.3) is 5.91 Å². The average molecular weight is 413 g/mol. The fraction of sp³-hybridized carbons (Fsp3) is 0.227. The number of hydrogen-bond donors (Lipinski definition) is 1. The van der Waals surface area contributed by atoms with Crippen molar-refractivity contribution in [1.82, 2.24) is 5.32 Å². The minimum absolute atomic E-state index is 0.102. The third kappa shape index (κ3) is 5.71. The Labute approximate surface area is 170 Å². The largest absolute Gasteiger partial charge is 0.497 e. The molecule has 0 atom stereocenters. The van der Waals surface area contributed by atoms with E-state index < -0.39 is 9.84 Å². The van der Waals surface area contributed by atoms with E-state index in [0.29, 0.717) is 12.3 Å². The molecule has 152 valence electrons. The molecule has 1 heterocycles. The number of sulfone groups is 1. The van der Waals surface area contributed by atoms with E-state index in [1.54, 1.807) is 12.1 Å². The van der Waals surface area contributed by atoms with Crippen molar-refractivity contribution in [3.63, 3.8) is 0 Å². The average Bonchev–Trinajstić information content (AvgIpc) is 3.20. The lowest BCUT2D eigenvalue weighted by atomic mass is 10.1. The maximum atomic E-state index is 12.5. The summed E-state index contributed by atoms with van der Waals surface area (Å²) < 4.78 is 35.5. The molecule has 3 aromatic rings. The standard InChI is InChI=1S/C22H23NO5S/c1-27-18-9-12-20(13-10-18)29(25,26)16-19-11-14-21(28-19)22(24)23-15-5-8-17-6-3-2-4-7-17/h2-4,6-7,9-14H,5,8,15-16H2,1H3,(H,23,24). The van der Waals surface area contributed by atoms with Crippen LogP contribution in [0.4, 0.5) is 0 Å². The van der Waals surface area contributed by atoms with Gasteiger partial charge < -0.3 is 14.5 Å². The van der Waals surface area contributed by atoms with Gasteiger partial charge in [-0.3, -0.25) is 4.79 Å². The molecule has 6 nitrogen and oxygen atoms in total. The monoisotopic (exact) mass is 413 g/mol. The van der Waals surface area contributed by atoms with Crippen molar-refractivity contribution >= 4 is 15.7 Å². The number of methoxy groups -OCH3 is 1. The minimum Gasteiger partial charge on any atom is -0.497 e. The Morgan fingerprint density at radius 3 is 2.41 bits per heavy atom. The van der Waals surface area contributed by atoms with E-state index in [9.17, 15) is 13.2 Å². The highest BCUT2D eigenvalue weighted by atomic mass is 32.2. The van der Waals surface area contributed by atoms with Crippen LogP contribution in [0.1, 0.15) is 28.3 Å². The highest BCUT2D eigenvalue weighted by molar-refractivity contribution is 7.90. The number of carbonyl (C=O) groups is 1. The molecule has 0 saturated heterocycles. The number of rotatable bonds is 9. The van der Waals surface area contributed by atoms with Gasteiger partial charge in [-0.05, 0) is 54.8 Å². The molecule has 29 heavy (non-hydrogen) atoms. The smallest absolute Gasteiger partial charge is 0.286 e. The molecule has 7 heteroatoms. The zero-order valence-corrected chi connectivity index (χ0v) is 16.9. The van der Waals surface area contributed by atoms with E-state index in [1.807, 2.05) is 30.3 Å². The topological polar surface area (TPSA) is 85.6 Å². The number of aryl methyl sites for hydroxylation is 1. The van der Waals surface area contributed by atoms with Crippen molar-refractivity contribution in [2.45, 2.75) is 23.5 Å². The van der Waals surface area contributed by atoms with E-state index in [-0.39, 0.29) is 28.1 Å². The third-order valence-corrected chi connectivity index (χ3v) is 6.06. The quantitative estimate of drug-likeness (QED) is 0.542. The predicted octanol–water partition coefficient (Wildman–Crippen LogP) is 3.62. The number of nitrogens with one attached hydrogen (secondary N) is 1. The number of furan rings is 1. The number of amides is 1. The van der Waals surface area contributed by atoms with Gasteiger partial charge in [0.05, 0.1) is 12.0 Å². The van der Waals surface area contributed by atoms with Crippen LogP contribution in [-0.2, 0) is 22.0 Å². The molecule has 1 amide bonds. The third-order valence-electron chi connectivity index (χ3n) is 4.41. The van der Waals surface area contributed by atoms with Gasteiger partial charge in [-0.25, -0.2) is 8.42 Å². The zero-order chi connectivity index (χ0) is 20.7. The molecule has 0 bridgehead atoms. The summed E-state index contributed by atoms with van der Waals surface area (Å²) in [4.78, 5) is 12.4. The van der Waals surface area contributed by atoms with E-state index in [4.69, 9.17) is 9.15 Å². The lowest BCUT2D eigenvalue weighted by Gasteiger charge is -2.05. The van der Waals surface area contributed by atoms with Crippen LogP contribution in [0.25, 0.3) is 0 Å². The number of benzene rings is 2. The lowest BCUT2D eigenvalue weighted by Crippen LogP contribution is -2.24. The van der Waals surface area contributed by atoms with Gasteiger partial charge in [-0.15, -0.1) is 0 Å². The van der Waals surface area contributed by atoms with Crippen molar-refractivity contribution < 1.29 is 22.4 Å². The first-order chi connectivity index (χ1) is 14.0. The zero-order valence-electron chi connectivity index (χ0n) is 16.1. The van der Waals surface area contributed by atoms with Gasteiger partial charge >= 0.3 is 0 Å². The summed E-state index contributed by atoms with van der Waals surface area (Å²) in [5.41, 5.74) is 1.21. The second-order valence-electron chi connectivity index (χ2n) is 6.55. The van der Waals surface area contributed by atoms with Gasteiger partial charge in [-0.1, -0.05) is 30.3 Å². The molecule has 0 saturated carbocycles. The van der Waals surface area contributed by atoms with Gasteiger partial charge in [0, 0.05) is 6.54 Å². The van der Waals surface area contributed by atoms with Gasteiger partial charge in [-0.2, -0.15) is 0 Å². The van der Waals surface area contributed by atoms with Crippen molar-refractivity contribution in [3.8, 4) is 5.75 Å². The van der Waals surface area contributed by atoms with Crippen LogP contribution >= 0.6 is 0 Å². The molecule has 0 unspecified atom stereocenters. The highest BCUT2D eigenvalue weighted by Gasteiger charge is 2.19. The van der Waals surface area contributed by atoms with Crippen molar-refractivity contribution in [1.29, 1.82) is 0 Å². The Morgan fingerprint density at radius 1 is 1.00 bits per heavy atom. The first-order valence-electron chi connectivity index (χ1n) is 9.25. The normalized spacial score (nSPS) is 11.2. The summed E-state index contributed by atoms with van der Waals surface area (Å²) >= 11 is 0. The SMILES string of the molecule is COc1ccc(S(=O)(=O)Cc2ccc(C(=O)NCCCc3ccccc3)o2)cc1. The Balaban J connectivity index is 1.53. The van der Waals surface area contributed by atoms with E-state index in [1.165, 1.54) is 36.9 Å². The van der Waals surface area contributed by atoms with E-state index in [2.05, 4.69) is 5.32 Å². The van der Waals surface area contributed by atoms with Crippen molar-refractivity contribution in [2.75, 3.05) is 13.7 Å². The van der Waals surface area contributed by atoms with Crippen LogP contribution in [0.15, 0.2) is 76.0 Å². The Bertz CT molecular complexity index is 1040. The van der Waals surface area contributed by atoms with E-state index in [0.717, 1.165) is 12.8 Å². The maximum absolute atomic E-state index is 12.5. The van der Waals surface area contributed by atoms with Crippen LogP contribution in [0.3, 0.4) is 0 Å². The molecule has 0 radical (unpaired) electrons. The van der Waals surface area contributed by atoms with Crippen LogP contribution in [-0.4, -0.2) is 28.0 Å². The van der Waals surface area contributed by atoms with Crippen LogP contribution in [0, 0.1) is 0 Å².